The van der Waals surface area contributed by atoms with E-state index >= 15 is 0 Å². The Kier molecular flexibility index (Phi) is 2.28. The van der Waals surface area contributed by atoms with Gasteiger partial charge in [-0.2, -0.15) is 0 Å². The molecule has 5 heteroatoms. The zero-order chi connectivity index (χ0) is 10.2. The predicted molar refractivity (Wildman–Crippen MR) is 51.6 cm³/mol. The smallest absolute Gasteiger partial charge is 0.113 e. The fourth-order valence-corrected chi connectivity index (χ4v) is 2.07. The minimum Gasteiger partial charge on any atom is -0.383 e. The van der Waals surface area contributed by atoms with Crippen molar-refractivity contribution in [2.75, 3.05) is 13.1 Å². The normalized spacial score (nSPS) is 33.2. The number of aromatic nitrogens is 3. The van der Waals surface area contributed by atoms with Gasteiger partial charge >= 0.3 is 0 Å². The van der Waals surface area contributed by atoms with Crippen molar-refractivity contribution in [1.82, 2.24) is 20.3 Å². The third kappa shape index (κ3) is 1.33. The maximum absolute atomic E-state index is 10.5. The third-order valence-electron chi connectivity index (χ3n) is 3.11. The molecule has 2 N–H and O–H groups in total. The minimum absolute atomic E-state index is 0.188. The van der Waals surface area contributed by atoms with Crippen LogP contribution in [0.5, 0.6) is 0 Å². The predicted octanol–water partition coefficient (Wildman–Crippen LogP) is -0.368. The summed E-state index contributed by atoms with van der Waals surface area (Å²) < 4.78 is 1.65. The molecular formula is C9H16N4O. The second-order valence-corrected chi connectivity index (χ2v) is 4.02. The van der Waals surface area contributed by atoms with E-state index in [1.54, 1.807) is 10.9 Å². The van der Waals surface area contributed by atoms with Gasteiger partial charge in [0.2, 0.25) is 0 Å². The Morgan fingerprint density at radius 1 is 1.71 bits per heavy atom. The minimum atomic E-state index is -0.774. The summed E-state index contributed by atoms with van der Waals surface area (Å²) in [4.78, 5) is 0. The number of hydrogen-bond donors (Lipinski definition) is 2. The second kappa shape index (κ2) is 3.33. The van der Waals surface area contributed by atoms with E-state index in [1.807, 2.05) is 14.0 Å². The highest BCUT2D eigenvalue weighted by atomic mass is 16.3. The van der Waals surface area contributed by atoms with Crippen LogP contribution in [-0.4, -0.2) is 33.2 Å². The Morgan fingerprint density at radius 2 is 2.50 bits per heavy atom. The summed E-state index contributed by atoms with van der Waals surface area (Å²) in [5, 5.41) is 21.5. The Labute approximate surface area is 83.1 Å². The van der Waals surface area contributed by atoms with Crippen molar-refractivity contribution in [3.63, 3.8) is 0 Å². The molecule has 14 heavy (non-hydrogen) atoms. The summed E-state index contributed by atoms with van der Waals surface area (Å²) in [5.74, 6) is 0.188. The van der Waals surface area contributed by atoms with Crippen molar-refractivity contribution >= 4 is 0 Å². The van der Waals surface area contributed by atoms with E-state index in [9.17, 15) is 5.11 Å². The molecule has 0 aromatic carbocycles. The molecule has 1 aromatic rings. The lowest BCUT2D eigenvalue weighted by molar-refractivity contribution is -0.0458. The molecule has 0 bridgehead atoms. The molecule has 2 unspecified atom stereocenters. The van der Waals surface area contributed by atoms with E-state index in [1.165, 1.54) is 0 Å². The third-order valence-corrected chi connectivity index (χ3v) is 3.11. The monoisotopic (exact) mass is 196 g/mol. The first-order valence-electron chi connectivity index (χ1n) is 4.93. The van der Waals surface area contributed by atoms with Gasteiger partial charge in [-0.25, -0.2) is 4.68 Å². The van der Waals surface area contributed by atoms with Crippen LogP contribution in [0.25, 0.3) is 0 Å². The van der Waals surface area contributed by atoms with Gasteiger partial charge in [-0.05, 0) is 13.0 Å². The van der Waals surface area contributed by atoms with E-state index in [0.29, 0.717) is 0 Å². The molecule has 0 aliphatic carbocycles. The van der Waals surface area contributed by atoms with Gasteiger partial charge in [0.1, 0.15) is 5.60 Å². The largest absolute Gasteiger partial charge is 0.383 e. The van der Waals surface area contributed by atoms with Crippen LogP contribution >= 0.6 is 0 Å². The maximum Gasteiger partial charge on any atom is 0.113 e. The van der Waals surface area contributed by atoms with Crippen LogP contribution in [0.3, 0.4) is 0 Å². The van der Waals surface area contributed by atoms with Gasteiger partial charge in [0, 0.05) is 19.5 Å². The Balaban J connectivity index is 2.34. The summed E-state index contributed by atoms with van der Waals surface area (Å²) in [5.41, 5.74) is 0.0373. The SMILES string of the molecule is CC1CNCCC1(O)c1cnnn1C. The lowest BCUT2D eigenvalue weighted by Gasteiger charge is -2.38. The zero-order valence-corrected chi connectivity index (χ0v) is 8.56. The fourth-order valence-electron chi connectivity index (χ4n) is 2.07. The highest BCUT2D eigenvalue weighted by Gasteiger charge is 2.40. The Morgan fingerprint density at radius 3 is 3.07 bits per heavy atom. The number of aryl methyl sites for hydroxylation is 1. The lowest BCUT2D eigenvalue weighted by Crippen LogP contribution is -2.47. The molecule has 1 aliphatic rings. The van der Waals surface area contributed by atoms with Gasteiger partial charge in [0.15, 0.2) is 0 Å². The molecule has 0 radical (unpaired) electrons. The van der Waals surface area contributed by atoms with Crippen molar-refractivity contribution in [1.29, 1.82) is 0 Å². The van der Waals surface area contributed by atoms with E-state index in [0.717, 1.165) is 25.2 Å². The molecular weight excluding hydrogens is 180 g/mol. The van der Waals surface area contributed by atoms with E-state index in [2.05, 4.69) is 15.6 Å². The number of aliphatic hydroxyl groups is 1. The summed E-state index contributed by atoms with van der Waals surface area (Å²) in [7, 11) is 1.81. The maximum atomic E-state index is 10.5. The first-order chi connectivity index (χ1) is 6.64. The number of piperidine rings is 1. The van der Waals surface area contributed by atoms with Gasteiger partial charge in [0.05, 0.1) is 11.9 Å². The van der Waals surface area contributed by atoms with Crippen LogP contribution in [0.15, 0.2) is 6.20 Å². The molecule has 2 rings (SSSR count). The Hall–Kier alpha value is -0.940. The highest BCUT2D eigenvalue weighted by molar-refractivity contribution is 5.11. The molecule has 0 saturated carbocycles. The summed E-state index contributed by atoms with van der Waals surface area (Å²) in [6.07, 6.45) is 2.37. The molecule has 78 valence electrons. The van der Waals surface area contributed by atoms with Crippen LogP contribution in [0, 0.1) is 5.92 Å². The van der Waals surface area contributed by atoms with Gasteiger partial charge in [-0.3, -0.25) is 0 Å². The number of hydrogen-bond acceptors (Lipinski definition) is 4. The van der Waals surface area contributed by atoms with E-state index in [-0.39, 0.29) is 5.92 Å². The van der Waals surface area contributed by atoms with Crippen LogP contribution in [-0.2, 0) is 12.6 Å². The molecule has 1 aromatic heterocycles. The lowest BCUT2D eigenvalue weighted by atomic mass is 9.80. The molecule has 1 aliphatic heterocycles. The van der Waals surface area contributed by atoms with Crippen LogP contribution < -0.4 is 5.32 Å². The van der Waals surface area contributed by atoms with E-state index in [4.69, 9.17) is 0 Å². The highest BCUT2D eigenvalue weighted by Crippen LogP contribution is 2.33. The molecule has 0 spiro atoms. The van der Waals surface area contributed by atoms with Crippen molar-refractivity contribution in [2.45, 2.75) is 18.9 Å². The van der Waals surface area contributed by atoms with Crippen LogP contribution in [0.1, 0.15) is 19.0 Å². The fraction of sp³-hybridized carbons (Fsp3) is 0.778. The molecule has 2 atom stereocenters. The quantitative estimate of drug-likeness (QED) is 0.643. The average molecular weight is 196 g/mol. The van der Waals surface area contributed by atoms with Crippen molar-refractivity contribution < 1.29 is 5.11 Å². The number of nitrogens with one attached hydrogen (secondary N) is 1. The molecule has 0 amide bonds. The molecule has 1 fully saturated rings. The molecule has 2 heterocycles. The van der Waals surface area contributed by atoms with Crippen LogP contribution in [0.2, 0.25) is 0 Å². The van der Waals surface area contributed by atoms with Crippen molar-refractivity contribution in [3.8, 4) is 0 Å². The first-order valence-corrected chi connectivity index (χ1v) is 4.93. The summed E-state index contributed by atoms with van der Waals surface area (Å²) in [6, 6.07) is 0. The second-order valence-electron chi connectivity index (χ2n) is 4.02. The zero-order valence-electron chi connectivity index (χ0n) is 8.56. The summed E-state index contributed by atoms with van der Waals surface area (Å²) in [6.45, 7) is 3.72. The molecule has 1 saturated heterocycles. The van der Waals surface area contributed by atoms with Crippen molar-refractivity contribution in [3.05, 3.63) is 11.9 Å². The van der Waals surface area contributed by atoms with E-state index < -0.39 is 5.60 Å². The van der Waals surface area contributed by atoms with Gasteiger partial charge in [0.25, 0.3) is 0 Å². The topological polar surface area (TPSA) is 63.0 Å². The Bertz CT molecular complexity index is 324. The van der Waals surface area contributed by atoms with Crippen LogP contribution in [0.4, 0.5) is 0 Å². The first kappa shape index (κ1) is 9.61. The van der Waals surface area contributed by atoms with Gasteiger partial charge in [-0.15, -0.1) is 5.10 Å². The van der Waals surface area contributed by atoms with Crippen molar-refractivity contribution in [2.24, 2.45) is 13.0 Å². The summed E-state index contributed by atoms with van der Waals surface area (Å²) >= 11 is 0. The number of nitrogens with zero attached hydrogens (tertiary/aromatic N) is 3. The van der Waals surface area contributed by atoms with Gasteiger partial charge < -0.3 is 10.4 Å². The average Bonchev–Trinajstić information content (AvgIpc) is 2.57. The van der Waals surface area contributed by atoms with Gasteiger partial charge in [-0.1, -0.05) is 12.1 Å². The number of rotatable bonds is 1. The standard InChI is InChI=1S/C9H16N4O/c1-7-5-10-4-3-9(7,14)8-6-11-12-13(8)2/h6-7,10,14H,3-5H2,1-2H3. The molecule has 5 nitrogen and oxygen atoms in total.